The predicted octanol–water partition coefficient (Wildman–Crippen LogP) is 4.99. The Morgan fingerprint density at radius 3 is 2.20 bits per heavy atom. The zero-order valence-corrected chi connectivity index (χ0v) is 16.9. The highest BCUT2D eigenvalue weighted by Gasteiger charge is 2.40. The third kappa shape index (κ3) is 3.65. The van der Waals surface area contributed by atoms with Gasteiger partial charge in [-0.05, 0) is 29.8 Å². The van der Waals surface area contributed by atoms with Gasteiger partial charge in [-0.15, -0.1) is 0 Å². The molecular weight excluding hydrogens is 400 g/mol. The molecule has 0 aliphatic carbocycles. The summed E-state index contributed by atoms with van der Waals surface area (Å²) in [5.74, 6) is 0. The van der Waals surface area contributed by atoms with Gasteiger partial charge in [0.2, 0.25) is 0 Å². The van der Waals surface area contributed by atoms with Crippen molar-refractivity contribution >= 4 is 31.7 Å². The third-order valence-electron chi connectivity index (χ3n) is 4.28. The number of benzene rings is 2. The molecule has 1 atom stereocenters. The van der Waals surface area contributed by atoms with E-state index in [1.54, 1.807) is 30.3 Å². The Morgan fingerprint density at radius 1 is 1.04 bits per heavy atom. The van der Waals surface area contributed by atoms with Crippen LogP contribution in [0.4, 0.5) is 0 Å². The Bertz CT molecular complexity index is 885. The number of rotatable bonds is 3. The SMILES string of the molecule is CC(C)(C)C1=NN(S(=O)(=O)c2ccccc2)C(c2ccc(Br)cc2)C1. The molecule has 1 heterocycles. The van der Waals surface area contributed by atoms with Crippen molar-refractivity contribution in [1.82, 2.24) is 4.41 Å². The van der Waals surface area contributed by atoms with Crippen molar-refractivity contribution in [3.05, 3.63) is 64.6 Å². The van der Waals surface area contributed by atoms with E-state index in [9.17, 15) is 8.42 Å². The van der Waals surface area contributed by atoms with Crippen LogP contribution in [0.2, 0.25) is 0 Å². The zero-order valence-electron chi connectivity index (χ0n) is 14.5. The van der Waals surface area contributed by atoms with Gasteiger partial charge in [0, 0.05) is 22.0 Å². The van der Waals surface area contributed by atoms with Gasteiger partial charge in [0.1, 0.15) is 0 Å². The molecule has 0 saturated carbocycles. The Morgan fingerprint density at radius 2 is 1.64 bits per heavy atom. The molecule has 0 amide bonds. The van der Waals surface area contributed by atoms with Crippen molar-refractivity contribution in [2.24, 2.45) is 10.5 Å². The topological polar surface area (TPSA) is 49.7 Å². The van der Waals surface area contributed by atoms with Crippen LogP contribution in [0, 0.1) is 5.41 Å². The normalized spacial score (nSPS) is 18.3. The lowest BCUT2D eigenvalue weighted by Crippen LogP contribution is -2.27. The highest BCUT2D eigenvalue weighted by Crippen LogP contribution is 2.39. The molecular formula is C19H21BrN2O2S. The van der Waals surface area contributed by atoms with Crippen LogP contribution >= 0.6 is 15.9 Å². The van der Waals surface area contributed by atoms with Crippen LogP contribution in [0.3, 0.4) is 0 Å². The van der Waals surface area contributed by atoms with Crippen molar-refractivity contribution in [3.63, 3.8) is 0 Å². The molecule has 6 heteroatoms. The van der Waals surface area contributed by atoms with E-state index in [1.165, 1.54) is 4.41 Å². The van der Waals surface area contributed by atoms with Crippen LogP contribution in [-0.4, -0.2) is 18.5 Å². The van der Waals surface area contributed by atoms with E-state index >= 15 is 0 Å². The third-order valence-corrected chi connectivity index (χ3v) is 6.51. The van der Waals surface area contributed by atoms with Crippen LogP contribution in [0.25, 0.3) is 0 Å². The molecule has 0 fully saturated rings. The largest absolute Gasteiger partial charge is 0.279 e. The summed E-state index contributed by atoms with van der Waals surface area (Å²) in [6.07, 6.45) is 0.594. The lowest BCUT2D eigenvalue weighted by atomic mass is 9.86. The fourth-order valence-corrected chi connectivity index (χ4v) is 4.52. The molecule has 25 heavy (non-hydrogen) atoms. The number of halogens is 1. The van der Waals surface area contributed by atoms with Crippen molar-refractivity contribution in [3.8, 4) is 0 Å². The smallest absolute Gasteiger partial charge is 0.200 e. The van der Waals surface area contributed by atoms with Crippen molar-refractivity contribution in [2.45, 2.75) is 38.1 Å². The minimum absolute atomic E-state index is 0.186. The molecule has 1 unspecified atom stereocenters. The minimum Gasteiger partial charge on any atom is -0.200 e. The zero-order chi connectivity index (χ0) is 18.2. The highest BCUT2D eigenvalue weighted by atomic mass is 79.9. The molecule has 4 nitrogen and oxygen atoms in total. The summed E-state index contributed by atoms with van der Waals surface area (Å²) in [5, 5.41) is 4.54. The Balaban J connectivity index is 2.08. The van der Waals surface area contributed by atoms with Gasteiger partial charge in [0.05, 0.1) is 10.9 Å². The molecule has 132 valence electrons. The summed E-state index contributed by atoms with van der Waals surface area (Å²) in [4.78, 5) is 0.260. The average Bonchev–Trinajstić information content (AvgIpc) is 3.03. The number of hydrogen-bond donors (Lipinski definition) is 0. The molecule has 2 aromatic rings. The van der Waals surface area contributed by atoms with E-state index < -0.39 is 10.0 Å². The van der Waals surface area contributed by atoms with Gasteiger partial charge in [-0.3, -0.25) is 0 Å². The molecule has 1 aliphatic rings. The molecule has 2 aromatic carbocycles. The minimum atomic E-state index is -3.71. The van der Waals surface area contributed by atoms with Gasteiger partial charge in [0.25, 0.3) is 10.0 Å². The van der Waals surface area contributed by atoms with Crippen LogP contribution in [-0.2, 0) is 10.0 Å². The molecule has 0 aromatic heterocycles. The van der Waals surface area contributed by atoms with Gasteiger partial charge in [-0.2, -0.15) is 17.9 Å². The van der Waals surface area contributed by atoms with E-state index in [0.29, 0.717) is 6.42 Å². The Labute approximate surface area is 157 Å². The standard InChI is InChI=1S/C19H21BrN2O2S/c1-19(2,3)18-13-17(14-9-11-15(20)12-10-14)22(21-18)25(23,24)16-7-5-4-6-8-16/h4-12,17H,13H2,1-3H3. The first-order valence-corrected chi connectivity index (χ1v) is 10.4. The second-order valence-corrected chi connectivity index (χ2v) is 9.87. The molecule has 0 saturated heterocycles. The quantitative estimate of drug-likeness (QED) is 0.702. The molecule has 0 spiro atoms. The first-order valence-electron chi connectivity index (χ1n) is 8.12. The first-order chi connectivity index (χ1) is 11.7. The van der Waals surface area contributed by atoms with E-state index in [1.807, 2.05) is 24.3 Å². The highest BCUT2D eigenvalue weighted by molar-refractivity contribution is 9.10. The lowest BCUT2D eigenvalue weighted by molar-refractivity contribution is 0.371. The maximum absolute atomic E-state index is 13.2. The van der Waals surface area contributed by atoms with Gasteiger partial charge in [-0.1, -0.05) is 67.0 Å². The second-order valence-electron chi connectivity index (χ2n) is 7.16. The van der Waals surface area contributed by atoms with Crippen molar-refractivity contribution < 1.29 is 8.42 Å². The number of sulfonamides is 1. The monoisotopic (exact) mass is 420 g/mol. The van der Waals surface area contributed by atoms with E-state index in [-0.39, 0.29) is 16.4 Å². The maximum atomic E-state index is 13.2. The fourth-order valence-electron chi connectivity index (χ4n) is 2.80. The first kappa shape index (κ1) is 18.1. The summed E-state index contributed by atoms with van der Waals surface area (Å²) < 4.78 is 28.6. The fraction of sp³-hybridized carbons (Fsp3) is 0.316. The van der Waals surface area contributed by atoms with E-state index in [4.69, 9.17) is 0 Å². The number of hydrogen-bond acceptors (Lipinski definition) is 3. The summed E-state index contributed by atoms with van der Waals surface area (Å²) in [6, 6.07) is 15.9. The summed E-state index contributed by atoms with van der Waals surface area (Å²) in [6.45, 7) is 6.18. The summed E-state index contributed by atoms with van der Waals surface area (Å²) in [7, 11) is -3.71. The number of nitrogens with zero attached hydrogens (tertiary/aromatic N) is 2. The molecule has 0 N–H and O–H groups in total. The molecule has 0 radical (unpaired) electrons. The van der Waals surface area contributed by atoms with Gasteiger partial charge < -0.3 is 0 Å². The van der Waals surface area contributed by atoms with Crippen LogP contribution in [0.1, 0.15) is 38.8 Å². The van der Waals surface area contributed by atoms with Gasteiger partial charge >= 0.3 is 0 Å². The van der Waals surface area contributed by atoms with Gasteiger partial charge in [-0.25, -0.2) is 0 Å². The van der Waals surface area contributed by atoms with Crippen molar-refractivity contribution in [2.75, 3.05) is 0 Å². The Kier molecular flexibility index (Phi) is 4.77. The summed E-state index contributed by atoms with van der Waals surface area (Å²) >= 11 is 3.43. The molecule has 3 rings (SSSR count). The average molecular weight is 421 g/mol. The van der Waals surface area contributed by atoms with Crippen LogP contribution < -0.4 is 0 Å². The molecule has 0 bridgehead atoms. The predicted molar refractivity (Wildman–Crippen MR) is 104 cm³/mol. The maximum Gasteiger partial charge on any atom is 0.279 e. The second kappa shape index (κ2) is 6.57. The van der Waals surface area contributed by atoms with Crippen molar-refractivity contribution in [1.29, 1.82) is 0 Å². The van der Waals surface area contributed by atoms with Crippen LogP contribution in [0.15, 0.2) is 69.1 Å². The number of hydrazone groups is 1. The molecule has 1 aliphatic heterocycles. The summed E-state index contributed by atoms with van der Waals surface area (Å²) in [5.41, 5.74) is 1.64. The van der Waals surface area contributed by atoms with E-state index in [2.05, 4.69) is 41.8 Å². The van der Waals surface area contributed by atoms with E-state index in [0.717, 1.165) is 15.7 Å². The Hall–Kier alpha value is -1.66. The lowest BCUT2D eigenvalue weighted by Gasteiger charge is -2.23. The van der Waals surface area contributed by atoms with Gasteiger partial charge in [0.15, 0.2) is 0 Å². The van der Waals surface area contributed by atoms with Crippen LogP contribution in [0.5, 0.6) is 0 Å².